The van der Waals surface area contributed by atoms with Gasteiger partial charge in [0.25, 0.3) is 0 Å². The molecule has 1 unspecified atom stereocenters. The lowest BCUT2D eigenvalue weighted by molar-refractivity contribution is -0.137. The highest BCUT2D eigenvalue weighted by Gasteiger charge is 2.33. The predicted molar refractivity (Wildman–Crippen MR) is 99.6 cm³/mol. The Balaban J connectivity index is 0.00000338. The molecule has 26 heavy (non-hydrogen) atoms. The molecule has 8 heteroatoms. The number of alkyl halides is 3. The number of hydrogen-bond donors (Lipinski definition) is 2. The second kappa shape index (κ2) is 10.1. The molecule has 1 amide bonds. The van der Waals surface area contributed by atoms with Crippen LogP contribution in [0.1, 0.15) is 32.3 Å². The van der Waals surface area contributed by atoms with E-state index in [-0.39, 0.29) is 30.7 Å². The van der Waals surface area contributed by atoms with Crippen molar-refractivity contribution in [3.05, 3.63) is 29.8 Å². The fraction of sp³-hybridized carbons (Fsp3) is 0.611. The smallest absolute Gasteiger partial charge is 0.324 e. The number of amides is 1. The highest BCUT2D eigenvalue weighted by molar-refractivity contribution is 5.93. The third-order valence-electron chi connectivity index (χ3n) is 4.48. The standard InChI is InChI=1S/C18H26F3N3O.ClH/c1-13(2)24(11-14-6-5-9-22-10-14)12-17(25)23-16-8-4-3-7-15(16)18(19,20)21;/h3-4,7-8,13-14,22H,5-6,9-12H2,1-2H3,(H,23,25);1H. The van der Waals surface area contributed by atoms with E-state index >= 15 is 0 Å². The third kappa shape index (κ3) is 6.78. The van der Waals surface area contributed by atoms with Crippen LogP contribution in [0.3, 0.4) is 0 Å². The molecule has 1 aliphatic heterocycles. The van der Waals surface area contributed by atoms with Gasteiger partial charge in [0.05, 0.1) is 17.8 Å². The molecule has 1 saturated heterocycles. The maximum atomic E-state index is 13.0. The second-order valence-electron chi connectivity index (χ2n) is 6.83. The molecule has 1 atom stereocenters. The van der Waals surface area contributed by atoms with Crippen LogP contribution in [0.15, 0.2) is 24.3 Å². The molecule has 2 N–H and O–H groups in total. The first-order valence-corrected chi connectivity index (χ1v) is 8.68. The summed E-state index contributed by atoms with van der Waals surface area (Å²) in [4.78, 5) is 14.3. The zero-order valence-electron chi connectivity index (χ0n) is 15.1. The number of nitrogens with zero attached hydrogens (tertiary/aromatic N) is 1. The number of anilines is 1. The first kappa shape index (κ1) is 22.7. The van der Waals surface area contributed by atoms with E-state index in [1.54, 1.807) is 0 Å². The number of halogens is 4. The molecule has 0 bridgehead atoms. The summed E-state index contributed by atoms with van der Waals surface area (Å²) in [5.74, 6) is 0.0422. The van der Waals surface area contributed by atoms with Crippen molar-refractivity contribution in [2.24, 2.45) is 5.92 Å². The number of carbonyl (C=O) groups excluding carboxylic acids is 1. The minimum Gasteiger partial charge on any atom is -0.324 e. The predicted octanol–water partition coefficient (Wildman–Crippen LogP) is 3.78. The van der Waals surface area contributed by atoms with Crippen molar-refractivity contribution >= 4 is 24.0 Å². The summed E-state index contributed by atoms with van der Waals surface area (Å²) < 4.78 is 39.1. The number of benzene rings is 1. The number of carbonyl (C=O) groups is 1. The number of para-hydroxylation sites is 1. The van der Waals surface area contributed by atoms with Gasteiger partial charge in [0, 0.05) is 12.6 Å². The fourth-order valence-corrected chi connectivity index (χ4v) is 3.08. The molecule has 1 aromatic rings. The van der Waals surface area contributed by atoms with Crippen molar-refractivity contribution in [2.45, 2.75) is 38.9 Å². The largest absolute Gasteiger partial charge is 0.418 e. The van der Waals surface area contributed by atoms with Crippen LogP contribution in [-0.2, 0) is 11.0 Å². The van der Waals surface area contributed by atoms with Gasteiger partial charge in [-0.05, 0) is 57.8 Å². The van der Waals surface area contributed by atoms with E-state index < -0.39 is 17.6 Å². The minimum absolute atomic E-state index is 0. The lowest BCUT2D eigenvalue weighted by Crippen LogP contribution is -2.44. The summed E-state index contributed by atoms with van der Waals surface area (Å²) in [6.07, 6.45) is -2.27. The average Bonchev–Trinajstić information content (AvgIpc) is 2.54. The van der Waals surface area contributed by atoms with E-state index in [1.165, 1.54) is 18.2 Å². The van der Waals surface area contributed by atoms with Crippen molar-refractivity contribution in [1.82, 2.24) is 10.2 Å². The molecule has 1 heterocycles. The normalized spacial score (nSPS) is 17.9. The van der Waals surface area contributed by atoms with Gasteiger partial charge in [0.15, 0.2) is 0 Å². The molecule has 1 aromatic carbocycles. The second-order valence-corrected chi connectivity index (χ2v) is 6.83. The van der Waals surface area contributed by atoms with Crippen LogP contribution < -0.4 is 10.6 Å². The maximum Gasteiger partial charge on any atom is 0.418 e. The Morgan fingerprint density at radius 3 is 2.62 bits per heavy atom. The highest BCUT2D eigenvalue weighted by atomic mass is 35.5. The number of nitrogens with one attached hydrogen (secondary N) is 2. The van der Waals surface area contributed by atoms with Gasteiger partial charge in [-0.2, -0.15) is 13.2 Å². The first-order valence-electron chi connectivity index (χ1n) is 8.68. The average molecular weight is 394 g/mol. The SMILES string of the molecule is CC(C)N(CC(=O)Nc1ccccc1C(F)(F)F)CC1CCCNC1.Cl. The Labute approximate surface area is 158 Å². The molecule has 0 aliphatic carbocycles. The van der Waals surface area contributed by atoms with Crippen LogP contribution in [0.4, 0.5) is 18.9 Å². The van der Waals surface area contributed by atoms with E-state index in [1.807, 2.05) is 18.7 Å². The van der Waals surface area contributed by atoms with Gasteiger partial charge in [-0.15, -0.1) is 12.4 Å². The van der Waals surface area contributed by atoms with E-state index in [9.17, 15) is 18.0 Å². The fourth-order valence-electron chi connectivity index (χ4n) is 3.08. The molecule has 1 aliphatic rings. The Bertz CT molecular complexity index is 575. The summed E-state index contributed by atoms with van der Waals surface area (Å²) >= 11 is 0. The van der Waals surface area contributed by atoms with Crippen LogP contribution in [0, 0.1) is 5.92 Å². The van der Waals surface area contributed by atoms with Gasteiger partial charge < -0.3 is 10.6 Å². The highest BCUT2D eigenvalue weighted by Crippen LogP contribution is 2.34. The Morgan fingerprint density at radius 2 is 2.04 bits per heavy atom. The molecule has 0 radical (unpaired) electrons. The Hall–Kier alpha value is -1.31. The number of piperidine rings is 1. The van der Waals surface area contributed by atoms with Gasteiger partial charge in [0.2, 0.25) is 5.91 Å². The van der Waals surface area contributed by atoms with Crippen LogP contribution in [0.25, 0.3) is 0 Å². The molecule has 4 nitrogen and oxygen atoms in total. The first-order chi connectivity index (χ1) is 11.8. The van der Waals surface area contributed by atoms with Crippen LogP contribution >= 0.6 is 12.4 Å². The zero-order chi connectivity index (χ0) is 18.4. The minimum atomic E-state index is -4.49. The molecule has 1 fully saturated rings. The van der Waals surface area contributed by atoms with Gasteiger partial charge in [-0.3, -0.25) is 9.69 Å². The summed E-state index contributed by atoms with van der Waals surface area (Å²) in [7, 11) is 0. The van der Waals surface area contributed by atoms with Gasteiger partial charge >= 0.3 is 6.18 Å². The molecular weight excluding hydrogens is 367 g/mol. The van der Waals surface area contributed by atoms with Crippen molar-refractivity contribution in [3.8, 4) is 0 Å². The Kier molecular flexibility index (Phi) is 8.86. The lowest BCUT2D eigenvalue weighted by atomic mass is 9.98. The van der Waals surface area contributed by atoms with Crippen molar-refractivity contribution in [1.29, 1.82) is 0 Å². The zero-order valence-corrected chi connectivity index (χ0v) is 15.9. The maximum absolute atomic E-state index is 13.0. The molecule has 0 aromatic heterocycles. The molecule has 148 valence electrons. The van der Waals surface area contributed by atoms with Crippen molar-refractivity contribution in [3.63, 3.8) is 0 Å². The number of hydrogen-bond acceptors (Lipinski definition) is 3. The van der Waals surface area contributed by atoms with Crippen LogP contribution in [-0.4, -0.2) is 43.0 Å². The third-order valence-corrected chi connectivity index (χ3v) is 4.48. The lowest BCUT2D eigenvalue weighted by Gasteiger charge is -2.32. The summed E-state index contributed by atoms with van der Waals surface area (Å²) in [6, 6.07) is 5.20. The van der Waals surface area contributed by atoms with E-state index in [0.29, 0.717) is 5.92 Å². The topological polar surface area (TPSA) is 44.4 Å². The quantitative estimate of drug-likeness (QED) is 0.773. The molecule has 0 spiro atoms. The van der Waals surface area contributed by atoms with Crippen LogP contribution in [0.5, 0.6) is 0 Å². The number of rotatable bonds is 6. The van der Waals surface area contributed by atoms with Crippen molar-refractivity contribution in [2.75, 3.05) is 31.5 Å². The molecule has 0 saturated carbocycles. The molecular formula is C18H27ClF3N3O. The van der Waals surface area contributed by atoms with E-state index in [2.05, 4.69) is 10.6 Å². The van der Waals surface area contributed by atoms with E-state index in [4.69, 9.17) is 0 Å². The molecule has 2 rings (SSSR count). The summed E-state index contributed by atoms with van der Waals surface area (Å²) in [5, 5.41) is 5.77. The summed E-state index contributed by atoms with van der Waals surface area (Å²) in [6.45, 7) is 6.77. The van der Waals surface area contributed by atoms with Gasteiger partial charge in [-0.25, -0.2) is 0 Å². The van der Waals surface area contributed by atoms with Gasteiger partial charge in [-0.1, -0.05) is 12.1 Å². The monoisotopic (exact) mass is 393 g/mol. The van der Waals surface area contributed by atoms with Crippen molar-refractivity contribution < 1.29 is 18.0 Å². The Morgan fingerprint density at radius 1 is 1.35 bits per heavy atom. The van der Waals surface area contributed by atoms with E-state index in [0.717, 1.165) is 38.5 Å². The summed E-state index contributed by atoms with van der Waals surface area (Å²) in [5.41, 5.74) is -1.01. The van der Waals surface area contributed by atoms with Gasteiger partial charge in [0.1, 0.15) is 0 Å². The van der Waals surface area contributed by atoms with Crippen LogP contribution in [0.2, 0.25) is 0 Å².